The van der Waals surface area contributed by atoms with Crippen LogP contribution in [-0.4, -0.2) is 4.57 Å². The van der Waals surface area contributed by atoms with Crippen molar-refractivity contribution in [3.63, 3.8) is 0 Å². The van der Waals surface area contributed by atoms with Gasteiger partial charge in [0.25, 0.3) is 0 Å². The number of hydrogen-bond donors (Lipinski definition) is 0. The van der Waals surface area contributed by atoms with Crippen molar-refractivity contribution in [2.45, 2.75) is 20.8 Å². The van der Waals surface area contributed by atoms with E-state index in [4.69, 9.17) is 0 Å². The Morgan fingerprint density at radius 2 is 1.77 bits per heavy atom. The van der Waals surface area contributed by atoms with E-state index in [9.17, 15) is 0 Å². The molecule has 0 aliphatic carbocycles. The van der Waals surface area contributed by atoms with Crippen LogP contribution in [0.4, 0.5) is 0 Å². The molecule has 1 heteroatoms. The lowest BCUT2D eigenvalue weighted by Crippen LogP contribution is -1.90. The molecule has 0 saturated heterocycles. The molecular formula is C12H15N. The monoisotopic (exact) mass is 173 g/mol. The van der Waals surface area contributed by atoms with E-state index in [2.05, 4.69) is 50.7 Å². The van der Waals surface area contributed by atoms with Crippen LogP contribution in [-0.2, 0) is 7.05 Å². The number of fused-ring (bicyclic) bond motifs is 1. The summed E-state index contributed by atoms with van der Waals surface area (Å²) < 4.78 is 2.19. The van der Waals surface area contributed by atoms with Crippen molar-refractivity contribution in [1.29, 1.82) is 0 Å². The molecular weight excluding hydrogens is 158 g/mol. The molecule has 1 aromatic heterocycles. The van der Waals surface area contributed by atoms with Gasteiger partial charge in [0.2, 0.25) is 0 Å². The van der Waals surface area contributed by atoms with Gasteiger partial charge in [-0.1, -0.05) is 6.07 Å². The highest BCUT2D eigenvalue weighted by molar-refractivity contribution is 5.87. The average molecular weight is 173 g/mol. The summed E-state index contributed by atoms with van der Waals surface area (Å²) in [5.41, 5.74) is 5.52. The highest BCUT2D eigenvalue weighted by Crippen LogP contribution is 2.25. The zero-order chi connectivity index (χ0) is 9.59. The fourth-order valence-corrected chi connectivity index (χ4v) is 2.04. The van der Waals surface area contributed by atoms with Crippen LogP contribution in [0.25, 0.3) is 10.9 Å². The first-order valence-corrected chi connectivity index (χ1v) is 4.63. The largest absolute Gasteiger partial charge is 0.350 e. The minimum Gasteiger partial charge on any atom is -0.350 e. The molecule has 2 rings (SSSR count). The van der Waals surface area contributed by atoms with Crippen LogP contribution in [0.2, 0.25) is 0 Å². The van der Waals surface area contributed by atoms with Gasteiger partial charge in [0.05, 0.1) is 5.52 Å². The van der Waals surface area contributed by atoms with Crippen molar-refractivity contribution < 1.29 is 0 Å². The molecule has 0 amide bonds. The van der Waals surface area contributed by atoms with Crippen LogP contribution in [0.15, 0.2) is 18.3 Å². The van der Waals surface area contributed by atoms with Gasteiger partial charge in [0, 0.05) is 18.6 Å². The fraction of sp³-hybridized carbons (Fsp3) is 0.333. The van der Waals surface area contributed by atoms with Gasteiger partial charge in [-0.15, -0.1) is 0 Å². The Balaban J connectivity index is 2.99. The lowest BCUT2D eigenvalue weighted by molar-refractivity contribution is 0.963. The Labute approximate surface area is 79.0 Å². The molecule has 0 fully saturated rings. The van der Waals surface area contributed by atoms with Gasteiger partial charge in [-0.25, -0.2) is 0 Å². The summed E-state index contributed by atoms with van der Waals surface area (Å²) in [6, 6.07) is 4.46. The third kappa shape index (κ3) is 1.07. The van der Waals surface area contributed by atoms with Gasteiger partial charge in [-0.2, -0.15) is 0 Å². The maximum atomic E-state index is 2.26. The first-order valence-electron chi connectivity index (χ1n) is 4.63. The molecule has 0 radical (unpaired) electrons. The summed E-state index contributed by atoms with van der Waals surface area (Å²) >= 11 is 0. The zero-order valence-electron chi connectivity index (χ0n) is 8.68. The third-order valence-electron chi connectivity index (χ3n) is 2.87. The molecule has 1 heterocycles. The van der Waals surface area contributed by atoms with E-state index in [0.717, 1.165) is 0 Å². The number of aryl methyl sites for hydroxylation is 4. The van der Waals surface area contributed by atoms with E-state index in [1.807, 2.05) is 0 Å². The summed E-state index contributed by atoms with van der Waals surface area (Å²) in [5, 5.41) is 1.39. The lowest BCUT2D eigenvalue weighted by atomic mass is 10.0. The van der Waals surface area contributed by atoms with Crippen LogP contribution in [0.1, 0.15) is 16.7 Å². The molecule has 0 aliphatic rings. The second-order valence-electron chi connectivity index (χ2n) is 3.82. The second kappa shape index (κ2) is 2.63. The molecule has 0 atom stereocenters. The van der Waals surface area contributed by atoms with E-state index in [-0.39, 0.29) is 0 Å². The van der Waals surface area contributed by atoms with Crippen LogP contribution in [0.5, 0.6) is 0 Å². The predicted octanol–water partition coefficient (Wildman–Crippen LogP) is 3.10. The minimum atomic E-state index is 1.36. The highest BCUT2D eigenvalue weighted by Gasteiger charge is 2.06. The van der Waals surface area contributed by atoms with Crippen molar-refractivity contribution in [2.24, 2.45) is 7.05 Å². The maximum absolute atomic E-state index is 2.26. The number of hydrogen-bond acceptors (Lipinski definition) is 0. The Morgan fingerprint density at radius 1 is 1.08 bits per heavy atom. The van der Waals surface area contributed by atoms with Crippen LogP contribution in [0.3, 0.4) is 0 Å². The molecule has 0 saturated carbocycles. The van der Waals surface area contributed by atoms with Crippen molar-refractivity contribution >= 4 is 10.9 Å². The summed E-state index contributed by atoms with van der Waals surface area (Å²) in [6.45, 7) is 6.54. The van der Waals surface area contributed by atoms with Crippen LogP contribution in [0, 0.1) is 20.8 Å². The molecule has 0 aliphatic heterocycles. The summed E-state index contributed by atoms with van der Waals surface area (Å²) in [7, 11) is 2.10. The molecule has 0 bridgehead atoms. The quantitative estimate of drug-likeness (QED) is 0.577. The number of nitrogens with zero attached hydrogens (tertiary/aromatic N) is 1. The van der Waals surface area contributed by atoms with E-state index >= 15 is 0 Å². The Hall–Kier alpha value is -1.24. The third-order valence-corrected chi connectivity index (χ3v) is 2.87. The van der Waals surface area contributed by atoms with Crippen molar-refractivity contribution in [3.05, 3.63) is 35.0 Å². The minimum absolute atomic E-state index is 1.36. The Morgan fingerprint density at radius 3 is 2.46 bits per heavy atom. The number of aromatic nitrogens is 1. The van der Waals surface area contributed by atoms with Gasteiger partial charge >= 0.3 is 0 Å². The van der Waals surface area contributed by atoms with Crippen molar-refractivity contribution in [1.82, 2.24) is 4.57 Å². The highest BCUT2D eigenvalue weighted by atomic mass is 14.9. The van der Waals surface area contributed by atoms with Gasteiger partial charge in [-0.3, -0.25) is 0 Å². The van der Waals surface area contributed by atoms with Gasteiger partial charge in [0.1, 0.15) is 0 Å². The van der Waals surface area contributed by atoms with E-state index in [1.54, 1.807) is 0 Å². The molecule has 68 valence electrons. The standard InChI is InChI=1S/C12H15N/c1-8-7-9(2)12-11(10(8)3)5-6-13(12)4/h5-7H,1-4H3. The summed E-state index contributed by atoms with van der Waals surface area (Å²) in [6.07, 6.45) is 2.13. The second-order valence-corrected chi connectivity index (χ2v) is 3.82. The molecule has 0 unspecified atom stereocenters. The first kappa shape index (κ1) is 8.36. The summed E-state index contributed by atoms with van der Waals surface area (Å²) in [4.78, 5) is 0. The molecule has 2 aromatic rings. The molecule has 1 nitrogen and oxygen atoms in total. The van der Waals surface area contributed by atoms with Gasteiger partial charge in [-0.05, 0) is 43.5 Å². The van der Waals surface area contributed by atoms with Crippen LogP contribution < -0.4 is 0 Å². The average Bonchev–Trinajstić information content (AvgIpc) is 2.44. The molecule has 13 heavy (non-hydrogen) atoms. The topological polar surface area (TPSA) is 4.93 Å². The number of benzene rings is 1. The lowest BCUT2D eigenvalue weighted by Gasteiger charge is -2.06. The van der Waals surface area contributed by atoms with E-state index < -0.39 is 0 Å². The molecule has 1 aromatic carbocycles. The first-order chi connectivity index (χ1) is 6.11. The Kier molecular flexibility index (Phi) is 1.69. The normalized spacial score (nSPS) is 11.1. The molecule has 0 N–H and O–H groups in total. The zero-order valence-corrected chi connectivity index (χ0v) is 8.68. The maximum Gasteiger partial charge on any atom is 0.0510 e. The van der Waals surface area contributed by atoms with E-state index in [0.29, 0.717) is 0 Å². The van der Waals surface area contributed by atoms with Gasteiger partial charge in [0.15, 0.2) is 0 Å². The summed E-state index contributed by atoms with van der Waals surface area (Å²) in [5.74, 6) is 0. The SMILES string of the molecule is Cc1cc(C)c2c(ccn2C)c1C. The Bertz CT molecular complexity index is 463. The molecule has 0 spiro atoms. The smallest absolute Gasteiger partial charge is 0.0510 e. The predicted molar refractivity (Wildman–Crippen MR) is 57.1 cm³/mol. The van der Waals surface area contributed by atoms with Crippen LogP contribution >= 0.6 is 0 Å². The van der Waals surface area contributed by atoms with Gasteiger partial charge < -0.3 is 4.57 Å². The van der Waals surface area contributed by atoms with Crippen molar-refractivity contribution in [2.75, 3.05) is 0 Å². The fourth-order valence-electron chi connectivity index (χ4n) is 2.04. The van der Waals surface area contributed by atoms with E-state index in [1.165, 1.54) is 27.6 Å². The van der Waals surface area contributed by atoms with Crippen molar-refractivity contribution in [3.8, 4) is 0 Å². The number of rotatable bonds is 0.